The molecule has 0 aromatic carbocycles. The summed E-state index contributed by atoms with van der Waals surface area (Å²) in [5, 5.41) is 16.0. The van der Waals surface area contributed by atoms with Gasteiger partial charge in [-0.25, -0.2) is 4.68 Å². The van der Waals surface area contributed by atoms with Gasteiger partial charge in [0.2, 0.25) is 0 Å². The first-order chi connectivity index (χ1) is 9.72. The zero-order valence-electron chi connectivity index (χ0n) is 11.3. The average molecular weight is 346 g/mol. The summed E-state index contributed by atoms with van der Waals surface area (Å²) in [6.07, 6.45) is 5.09. The van der Waals surface area contributed by atoms with Crippen LogP contribution in [0.3, 0.4) is 0 Å². The van der Waals surface area contributed by atoms with E-state index >= 15 is 0 Å². The molecule has 20 heavy (non-hydrogen) atoms. The third-order valence-corrected chi connectivity index (χ3v) is 3.89. The van der Waals surface area contributed by atoms with Crippen molar-refractivity contribution >= 4 is 21.6 Å². The van der Waals surface area contributed by atoms with Crippen LogP contribution in [0.25, 0.3) is 0 Å². The summed E-state index contributed by atoms with van der Waals surface area (Å²) < 4.78 is 7.21. The zero-order valence-corrected chi connectivity index (χ0v) is 12.9. The van der Waals surface area contributed by atoms with Crippen LogP contribution in [0.2, 0.25) is 0 Å². The van der Waals surface area contributed by atoms with Gasteiger partial charge in [0, 0.05) is 19.8 Å². The van der Waals surface area contributed by atoms with E-state index in [2.05, 4.69) is 26.3 Å². The molecule has 1 aromatic heterocycles. The van der Waals surface area contributed by atoms with Crippen LogP contribution < -0.4 is 10.9 Å². The Morgan fingerprint density at radius 1 is 1.55 bits per heavy atom. The molecule has 0 spiro atoms. The van der Waals surface area contributed by atoms with Crippen molar-refractivity contribution in [3.63, 3.8) is 0 Å². The number of aliphatic hydroxyl groups is 1. The van der Waals surface area contributed by atoms with Crippen LogP contribution in [0.1, 0.15) is 19.3 Å². The Hall–Kier alpha value is -0.920. The quantitative estimate of drug-likeness (QED) is 0.658. The van der Waals surface area contributed by atoms with Crippen molar-refractivity contribution in [1.29, 1.82) is 0 Å². The van der Waals surface area contributed by atoms with Crippen molar-refractivity contribution in [3.8, 4) is 0 Å². The van der Waals surface area contributed by atoms with Gasteiger partial charge in [0.1, 0.15) is 4.47 Å². The van der Waals surface area contributed by atoms with Crippen LogP contribution in [0.4, 0.5) is 5.69 Å². The summed E-state index contributed by atoms with van der Waals surface area (Å²) in [4.78, 5) is 11.9. The van der Waals surface area contributed by atoms with E-state index in [4.69, 9.17) is 9.84 Å². The number of anilines is 1. The molecule has 0 bridgehead atoms. The number of halogens is 1. The molecule has 1 heterocycles. The summed E-state index contributed by atoms with van der Waals surface area (Å²) in [6.45, 7) is 2.43. The molecule has 0 atom stereocenters. The lowest BCUT2D eigenvalue weighted by molar-refractivity contribution is 0.124. The monoisotopic (exact) mass is 345 g/mol. The van der Waals surface area contributed by atoms with Gasteiger partial charge in [-0.2, -0.15) is 5.10 Å². The second-order valence-corrected chi connectivity index (χ2v) is 5.72. The fourth-order valence-electron chi connectivity index (χ4n) is 1.77. The van der Waals surface area contributed by atoms with Gasteiger partial charge in [0.05, 0.1) is 25.0 Å². The topological polar surface area (TPSA) is 76.4 Å². The summed E-state index contributed by atoms with van der Waals surface area (Å²) in [5.74, 6) is 0.792. The Balaban J connectivity index is 1.74. The Labute approximate surface area is 126 Å². The molecule has 1 fully saturated rings. The molecule has 112 valence electrons. The third kappa shape index (κ3) is 4.57. The van der Waals surface area contributed by atoms with E-state index < -0.39 is 0 Å². The van der Waals surface area contributed by atoms with E-state index in [1.54, 1.807) is 6.20 Å². The van der Waals surface area contributed by atoms with E-state index in [9.17, 15) is 4.79 Å². The van der Waals surface area contributed by atoms with Gasteiger partial charge < -0.3 is 15.2 Å². The number of hydrogen-bond acceptors (Lipinski definition) is 5. The number of nitrogens with zero attached hydrogens (tertiary/aromatic N) is 2. The van der Waals surface area contributed by atoms with Crippen molar-refractivity contribution in [1.82, 2.24) is 9.78 Å². The molecule has 1 saturated carbocycles. The molecule has 0 amide bonds. The van der Waals surface area contributed by atoms with Crippen LogP contribution in [-0.4, -0.2) is 41.3 Å². The van der Waals surface area contributed by atoms with Crippen LogP contribution in [0, 0.1) is 5.92 Å². The molecule has 7 heteroatoms. The largest absolute Gasteiger partial charge is 0.394 e. The Bertz CT molecular complexity index is 488. The number of rotatable bonds is 9. The van der Waals surface area contributed by atoms with Crippen molar-refractivity contribution in [3.05, 3.63) is 21.0 Å². The second-order valence-electron chi connectivity index (χ2n) is 4.92. The molecule has 0 saturated heterocycles. The molecule has 0 aliphatic heterocycles. The molecule has 1 aliphatic rings. The summed E-state index contributed by atoms with van der Waals surface area (Å²) in [6, 6.07) is 0. The smallest absolute Gasteiger partial charge is 0.283 e. The minimum Gasteiger partial charge on any atom is -0.394 e. The van der Waals surface area contributed by atoms with Crippen LogP contribution in [-0.2, 0) is 11.3 Å². The zero-order chi connectivity index (χ0) is 14.4. The summed E-state index contributed by atoms with van der Waals surface area (Å²) in [7, 11) is 0. The van der Waals surface area contributed by atoms with E-state index in [1.165, 1.54) is 17.5 Å². The highest BCUT2D eigenvalue weighted by atomic mass is 79.9. The predicted molar refractivity (Wildman–Crippen MR) is 79.9 cm³/mol. The summed E-state index contributed by atoms with van der Waals surface area (Å²) in [5.41, 5.74) is 0.431. The molecular formula is C13H20BrN3O3. The first-order valence-electron chi connectivity index (χ1n) is 6.90. The lowest BCUT2D eigenvalue weighted by Gasteiger charge is -2.10. The van der Waals surface area contributed by atoms with E-state index in [-0.39, 0.29) is 18.7 Å². The Kier molecular flexibility index (Phi) is 6.00. The van der Waals surface area contributed by atoms with Crippen molar-refractivity contribution in [2.45, 2.75) is 25.8 Å². The van der Waals surface area contributed by atoms with E-state index in [0.717, 1.165) is 32.1 Å². The van der Waals surface area contributed by atoms with Gasteiger partial charge in [-0.15, -0.1) is 0 Å². The number of hydrogen-bond donors (Lipinski definition) is 2. The normalized spacial score (nSPS) is 14.5. The van der Waals surface area contributed by atoms with Crippen molar-refractivity contribution in [2.24, 2.45) is 5.92 Å². The number of nitrogens with one attached hydrogen (secondary N) is 1. The van der Waals surface area contributed by atoms with Crippen LogP contribution in [0.15, 0.2) is 15.5 Å². The fourth-order valence-corrected chi connectivity index (χ4v) is 2.22. The highest BCUT2D eigenvalue weighted by molar-refractivity contribution is 9.10. The molecule has 6 nitrogen and oxygen atoms in total. The first-order valence-corrected chi connectivity index (χ1v) is 7.69. The second kappa shape index (κ2) is 7.75. The fraction of sp³-hybridized carbons (Fsp3) is 0.692. The molecular weight excluding hydrogens is 326 g/mol. The summed E-state index contributed by atoms with van der Waals surface area (Å²) >= 11 is 3.26. The number of ether oxygens (including phenoxy) is 1. The molecule has 1 aliphatic carbocycles. The van der Waals surface area contributed by atoms with Gasteiger partial charge in [0.15, 0.2) is 0 Å². The maximum absolute atomic E-state index is 11.9. The number of aromatic nitrogens is 2. The molecule has 2 N–H and O–H groups in total. The van der Waals surface area contributed by atoms with Crippen molar-refractivity contribution < 1.29 is 9.84 Å². The minimum atomic E-state index is -0.242. The Morgan fingerprint density at radius 2 is 2.35 bits per heavy atom. The van der Waals surface area contributed by atoms with Crippen LogP contribution >= 0.6 is 15.9 Å². The van der Waals surface area contributed by atoms with Crippen molar-refractivity contribution in [2.75, 3.05) is 31.7 Å². The standard InChI is InChI=1S/C13H20BrN3O3/c14-12-11(8-16-17(5-6-18)13(12)19)15-4-1-7-20-9-10-2-3-10/h8,10,15,18H,1-7,9H2. The van der Waals surface area contributed by atoms with Gasteiger partial charge >= 0.3 is 0 Å². The van der Waals surface area contributed by atoms with Gasteiger partial charge in [-0.3, -0.25) is 4.79 Å². The van der Waals surface area contributed by atoms with Gasteiger partial charge in [-0.05, 0) is 41.1 Å². The minimum absolute atomic E-state index is 0.107. The SMILES string of the molecule is O=c1c(Br)c(NCCCOCC2CC2)cnn1CCO. The third-order valence-electron chi connectivity index (χ3n) is 3.13. The lowest BCUT2D eigenvalue weighted by Crippen LogP contribution is -2.26. The van der Waals surface area contributed by atoms with E-state index in [0.29, 0.717) is 10.2 Å². The Morgan fingerprint density at radius 3 is 3.05 bits per heavy atom. The van der Waals surface area contributed by atoms with Crippen LogP contribution in [0.5, 0.6) is 0 Å². The maximum Gasteiger partial charge on any atom is 0.283 e. The van der Waals surface area contributed by atoms with Gasteiger partial charge in [0.25, 0.3) is 5.56 Å². The first kappa shape index (κ1) is 15.5. The van der Waals surface area contributed by atoms with E-state index in [1.807, 2.05) is 0 Å². The molecule has 2 rings (SSSR count). The van der Waals surface area contributed by atoms with Gasteiger partial charge in [-0.1, -0.05) is 0 Å². The lowest BCUT2D eigenvalue weighted by atomic mass is 10.4. The number of aliphatic hydroxyl groups excluding tert-OH is 1. The molecule has 1 aromatic rings. The highest BCUT2D eigenvalue weighted by Gasteiger charge is 2.20. The molecule has 0 radical (unpaired) electrons. The highest BCUT2D eigenvalue weighted by Crippen LogP contribution is 2.28. The predicted octanol–water partition coefficient (Wildman–Crippen LogP) is 1.23. The maximum atomic E-state index is 11.9. The molecule has 0 unspecified atom stereocenters. The average Bonchev–Trinajstić information content (AvgIpc) is 3.25.